The van der Waals surface area contributed by atoms with Gasteiger partial charge in [-0.3, -0.25) is 0 Å². The Morgan fingerprint density at radius 3 is 2.09 bits per heavy atom. The van der Waals surface area contributed by atoms with Crippen molar-refractivity contribution in [3.8, 4) is 28.0 Å². The van der Waals surface area contributed by atoms with Crippen molar-refractivity contribution in [3.05, 3.63) is 84.2 Å². The first-order valence-electron chi connectivity index (χ1n) is 12.0. The average Bonchev–Trinajstić information content (AvgIpc) is 2.84. The summed E-state index contributed by atoms with van der Waals surface area (Å²) in [5.41, 5.74) is 5.11. The van der Waals surface area contributed by atoms with Crippen LogP contribution in [0.2, 0.25) is 0 Å². The molecule has 3 aromatic rings. The number of ether oxygens (including phenoxy) is 1. The van der Waals surface area contributed by atoms with Gasteiger partial charge in [0.25, 0.3) is 0 Å². The van der Waals surface area contributed by atoms with Gasteiger partial charge in [-0.2, -0.15) is 0 Å². The van der Waals surface area contributed by atoms with Crippen LogP contribution in [0, 0.1) is 5.82 Å². The van der Waals surface area contributed by atoms with Crippen molar-refractivity contribution < 1.29 is 14.2 Å². The first-order valence-corrected chi connectivity index (χ1v) is 12.0. The molecule has 0 spiro atoms. The predicted octanol–water partition coefficient (Wildman–Crippen LogP) is 8.64. The van der Waals surface area contributed by atoms with Crippen LogP contribution in [0.15, 0.2) is 72.8 Å². The normalized spacial score (nSPS) is 12.3. The van der Waals surface area contributed by atoms with Crippen molar-refractivity contribution in [2.75, 3.05) is 6.61 Å². The summed E-state index contributed by atoms with van der Waals surface area (Å²) < 4.78 is 19.5. The van der Waals surface area contributed by atoms with Gasteiger partial charge in [-0.05, 0) is 72.6 Å². The Labute approximate surface area is 197 Å². The third-order valence-electron chi connectivity index (χ3n) is 5.85. The summed E-state index contributed by atoms with van der Waals surface area (Å²) in [6, 6.07) is 21.0. The molecule has 1 atom stereocenters. The molecule has 33 heavy (non-hydrogen) atoms. The number of unbranched alkanes of at least 4 members (excludes halogenated alkanes) is 3. The lowest BCUT2D eigenvalue weighted by atomic mass is 9.99. The molecule has 0 saturated heterocycles. The van der Waals surface area contributed by atoms with Crippen LogP contribution >= 0.6 is 0 Å². The molecule has 3 heteroatoms. The number of phenols is 1. The van der Waals surface area contributed by atoms with E-state index in [2.05, 4.69) is 50.3 Å². The Morgan fingerprint density at radius 2 is 1.45 bits per heavy atom. The zero-order valence-electron chi connectivity index (χ0n) is 19.8. The van der Waals surface area contributed by atoms with Gasteiger partial charge in [0.2, 0.25) is 0 Å². The van der Waals surface area contributed by atoms with Crippen LogP contribution in [-0.4, -0.2) is 17.8 Å². The second-order valence-electron chi connectivity index (χ2n) is 8.59. The molecule has 0 saturated carbocycles. The van der Waals surface area contributed by atoms with E-state index in [0.717, 1.165) is 48.1 Å². The Kier molecular flexibility index (Phi) is 9.71. The quantitative estimate of drug-likeness (QED) is 0.282. The zero-order chi connectivity index (χ0) is 23.5. The molecule has 174 valence electrons. The van der Waals surface area contributed by atoms with Gasteiger partial charge in [0, 0.05) is 6.61 Å². The smallest absolute Gasteiger partial charge is 0.165 e. The first-order chi connectivity index (χ1) is 16.1. The van der Waals surface area contributed by atoms with E-state index in [1.165, 1.54) is 37.0 Å². The highest BCUT2D eigenvalue weighted by Crippen LogP contribution is 2.28. The van der Waals surface area contributed by atoms with Crippen molar-refractivity contribution in [1.29, 1.82) is 0 Å². The molecule has 0 amide bonds. The van der Waals surface area contributed by atoms with Crippen LogP contribution < -0.4 is 0 Å². The van der Waals surface area contributed by atoms with Gasteiger partial charge < -0.3 is 9.84 Å². The minimum absolute atomic E-state index is 0.328. The summed E-state index contributed by atoms with van der Waals surface area (Å²) in [7, 11) is 0. The monoisotopic (exact) mass is 446 g/mol. The molecule has 2 nitrogen and oxygen atoms in total. The minimum atomic E-state index is -0.606. The summed E-state index contributed by atoms with van der Waals surface area (Å²) in [5, 5.41) is 9.37. The number of hydrogen-bond donors (Lipinski definition) is 1. The fraction of sp³-hybridized carbons (Fsp3) is 0.333. The SMILES string of the molecule is CCCCCOC(C)CCC/C=C/c1ccc(-c2ccc(-c3ccc(O)c(F)c3)cc2)cc1. The zero-order valence-corrected chi connectivity index (χ0v) is 19.8. The Bertz CT molecular complexity index is 1010. The predicted molar refractivity (Wildman–Crippen MR) is 137 cm³/mol. The maximum absolute atomic E-state index is 13.6. The first kappa shape index (κ1) is 24.7. The van der Waals surface area contributed by atoms with Crippen LogP contribution in [0.5, 0.6) is 5.75 Å². The van der Waals surface area contributed by atoms with E-state index in [4.69, 9.17) is 4.74 Å². The Balaban J connectivity index is 1.47. The standard InChI is InChI=1S/C30H35FO2/c1-3-4-8-21-33-23(2)9-6-5-7-10-24-11-13-25(14-12-24)26-15-17-27(18-16-26)28-19-20-30(32)29(31)22-28/h7,10-20,22-23,32H,3-6,8-9,21H2,1-2H3/b10-7+. The van der Waals surface area contributed by atoms with Gasteiger partial charge in [0.15, 0.2) is 11.6 Å². The summed E-state index contributed by atoms with van der Waals surface area (Å²) >= 11 is 0. The minimum Gasteiger partial charge on any atom is -0.505 e. The number of rotatable bonds is 12. The van der Waals surface area contributed by atoms with Crippen molar-refractivity contribution in [2.24, 2.45) is 0 Å². The summed E-state index contributed by atoms with van der Waals surface area (Å²) in [4.78, 5) is 0. The van der Waals surface area contributed by atoms with Crippen molar-refractivity contribution in [1.82, 2.24) is 0 Å². The molecule has 0 aliphatic carbocycles. The van der Waals surface area contributed by atoms with Crippen molar-refractivity contribution >= 4 is 6.08 Å². The van der Waals surface area contributed by atoms with E-state index < -0.39 is 5.82 Å². The Hall–Kier alpha value is -2.91. The molecule has 0 aliphatic rings. The average molecular weight is 447 g/mol. The van der Waals surface area contributed by atoms with E-state index in [1.807, 2.05) is 24.3 Å². The van der Waals surface area contributed by atoms with E-state index in [9.17, 15) is 9.50 Å². The molecule has 3 aromatic carbocycles. The summed E-state index contributed by atoms with van der Waals surface area (Å²) in [6.07, 6.45) is 11.7. The number of benzene rings is 3. The van der Waals surface area contributed by atoms with E-state index in [0.29, 0.717) is 6.10 Å². The molecular formula is C30H35FO2. The molecule has 1 N–H and O–H groups in total. The van der Waals surface area contributed by atoms with Crippen LogP contribution in [0.1, 0.15) is 57.9 Å². The van der Waals surface area contributed by atoms with Gasteiger partial charge in [0.1, 0.15) is 0 Å². The fourth-order valence-corrected chi connectivity index (χ4v) is 3.79. The maximum Gasteiger partial charge on any atom is 0.165 e. The van der Waals surface area contributed by atoms with E-state index >= 15 is 0 Å². The van der Waals surface area contributed by atoms with Crippen molar-refractivity contribution in [2.45, 2.75) is 58.5 Å². The second kappa shape index (κ2) is 13.0. The molecule has 0 aliphatic heterocycles. The number of aromatic hydroxyl groups is 1. The van der Waals surface area contributed by atoms with Crippen LogP contribution in [0.4, 0.5) is 4.39 Å². The third kappa shape index (κ3) is 7.87. The molecule has 0 bridgehead atoms. The largest absolute Gasteiger partial charge is 0.505 e. The maximum atomic E-state index is 13.6. The summed E-state index contributed by atoms with van der Waals surface area (Å²) in [6.45, 7) is 5.27. The molecule has 0 aromatic heterocycles. The highest BCUT2D eigenvalue weighted by atomic mass is 19.1. The van der Waals surface area contributed by atoms with Crippen LogP contribution in [0.3, 0.4) is 0 Å². The lowest BCUT2D eigenvalue weighted by Crippen LogP contribution is -2.08. The molecule has 0 radical (unpaired) electrons. The van der Waals surface area contributed by atoms with Crippen LogP contribution in [-0.2, 0) is 4.74 Å². The van der Waals surface area contributed by atoms with Gasteiger partial charge in [-0.15, -0.1) is 0 Å². The molecule has 3 rings (SSSR count). The highest BCUT2D eigenvalue weighted by molar-refractivity contribution is 5.71. The lowest BCUT2D eigenvalue weighted by molar-refractivity contribution is 0.0566. The Morgan fingerprint density at radius 1 is 0.848 bits per heavy atom. The number of allylic oxidation sites excluding steroid dienone is 1. The molecule has 0 fully saturated rings. The second-order valence-corrected chi connectivity index (χ2v) is 8.59. The van der Waals surface area contributed by atoms with Gasteiger partial charge in [-0.1, -0.05) is 86.5 Å². The van der Waals surface area contributed by atoms with E-state index in [1.54, 1.807) is 6.07 Å². The topological polar surface area (TPSA) is 29.5 Å². The molecule has 1 unspecified atom stereocenters. The molecule has 0 heterocycles. The molecular weight excluding hydrogens is 411 g/mol. The summed E-state index contributed by atoms with van der Waals surface area (Å²) in [5.74, 6) is -0.934. The van der Waals surface area contributed by atoms with Gasteiger partial charge in [-0.25, -0.2) is 4.39 Å². The van der Waals surface area contributed by atoms with E-state index in [-0.39, 0.29) is 5.75 Å². The third-order valence-corrected chi connectivity index (χ3v) is 5.85. The highest BCUT2D eigenvalue weighted by Gasteiger charge is 2.05. The number of halogens is 1. The fourth-order valence-electron chi connectivity index (χ4n) is 3.79. The number of phenolic OH excluding ortho intramolecular Hbond substituents is 1. The van der Waals surface area contributed by atoms with Gasteiger partial charge in [0.05, 0.1) is 6.10 Å². The van der Waals surface area contributed by atoms with Crippen LogP contribution in [0.25, 0.3) is 28.3 Å². The van der Waals surface area contributed by atoms with Crippen molar-refractivity contribution in [3.63, 3.8) is 0 Å². The van der Waals surface area contributed by atoms with Gasteiger partial charge >= 0.3 is 0 Å². The number of hydrogen-bond acceptors (Lipinski definition) is 2. The lowest BCUT2D eigenvalue weighted by Gasteiger charge is -2.12.